The summed E-state index contributed by atoms with van der Waals surface area (Å²) >= 11 is 0. The van der Waals surface area contributed by atoms with E-state index in [-0.39, 0.29) is 6.61 Å². The Kier molecular flexibility index (Phi) is 6.25. The van der Waals surface area contributed by atoms with Crippen molar-refractivity contribution in [3.63, 3.8) is 0 Å². The van der Waals surface area contributed by atoms with Crippen molar-refractivity contribution < 1.29 is 28.9 Å². The molecule has 0 amide bonds. The molecule has 0 saturated carbocycles. The van der Waals surface area contributed by atoms with Crippen LogP contribution in [0.2, 0.25) is 0 Å². The van der Waals surface area contributed by atoms with E-state index in [2.05, 4.69) is 6.58 Å². The predicted octanol–water partition coefficient (Wildman–Crippen LogP) is 1.04. The van der Waals surface area contributed by atoms with Gasteiger partial charge in [-0.15, -0.1) is 0 Å². The molecule has 1 N–H and O–H groups in total. The summed E-state index contributed by atoms with van der Waals surface area (Å²) in [5.74, 6) is -0.969. The van der Waals surface area contributed by atoms with Gasteiger partial charge in [-0.3, -0.25) is 4.79 Å². The Bertz CT molecular complexity index is 456. The fourth-order valence-electron chi connectivity index (χ4n) is 1.28. The minimum Gasteiger partial charge on any atom is -0.491 e. The smallest absolute Gasteiger partial charge is 0.333 e. The quantitative estimate of drug-likeness (QED) is 0.456. The van der Waals surface area contributed by atoms with Gasteiger partial charge >= 0.3 is 11.9 Å². The fourth-order valence-corrected chi connectivity index (χ4v) is 1.28. The number of aliphatic hydroxyl groups is 1. The summed E-state index contributed by atoms with van der Waals surface area (Å²) in [4.78, 5) is 22.0. The number of aliphatic hydroxyl groups excluding tert-OH is 1. The first-order valence-electron chi connectivity index (χ1n) is 5.89. The summed E-state index contributed by atoms with van der Waals surface area (Å²) in [5.41, 5.74) is 0. The predicted molar refractivity (Wildman–Crippen MR) is 69.8 cm³/mol. The SMILES string of the molecule is C=CC(=O)OC(OC(C)=O)C(O)COc1ccccc1. The highest BCUT2D eigenvalue weighted by atomic mass is 16.7. The number of ether oxygens (including phenoxy) is 3. The van der Waals surface area contributed by atoms with Crippen LogP contribution in [-0.2, 0) is 19.1 Å². The molecule has 0 fully saturated rings. The molecule has 0 aliphatic heterocycles. The Morgan fingerprint density at radius 2 is 1.95 bits per heavy atom. The first-order chi connectivity index (χ1) is 9.52. The number of para-hydroxylation sites is 1. The van der Waals surface area contributed by atoms with Gasteiger partial charge in [-0.05, 0) is 12.1 Å². The van der Waals surface area contributed by atoms with Gasteiger partial charge in [-0.2, -0.15) is 0 Å². The van der Waals surface area contributed by atoms with Crippen LogP contribution >= 0.6 is 0 Å². The summed E-state index contributed by atoms with van der Waals surface area (Å²) in [6, 6.07) is 8.75. The van der Waals surface area contributed by atoms with E-state index in [0.29, 0.717) is 5.75 Å². The Morgan fingerprint density at radius 1 is 1.30 bits per heavy atom. The van der Waals surface area contributed by atoms with E-state index < -0.39 is 24.3 Å². The lowest BCUT2D eigenvalue weighted by Crippen LogP contribution is -2.38. The summed E-state index contributed by atoms with van der Waals surface area (Å²) < 4.78 is 14.7. The van der Waals surface area contributed by atoms with Crippen LogP contribution < -0.4 is 4.74 Å². The molecule has 0 radical (unpaired) electrons. The molecule has 0 spiro atoms. The zero-order chi connectivity index (χ0) is 15.0. The van der Waals surface area contributed by atoms with E-state index in [4.69, 9.17) is 14.2 Å². The molecule has 2 unspecified atom stereocenters. The van der Waals surface area contributed by atoms with Crippen LogP contribution in [0.25, 0.3) is 0 Å². The monoisotopic (exact) mass is 280 g/mol. The van der Waals surface area contributed by atoms with Crippen molar-refractivity contribution in [2.24, 2.45) is 0 Å². The Labute approximate surface area is 116 Å². The standard InChI is InChI=1S/C14H16O6/c1-3-13(17)20-14(19-10(2)15)12(16)9-18-11-7-5-4-6-8-11/h3-8,12,14,16H,1,9H2,2H3. The van der Waals surface area contributed by atoms with Crippen LogP contribution in [0.3, 0.4) is 0 Å². The normalized spacial score (nSPS) is 12.9. The summed E-state index contributed by atoms with van der Waals surface area (Å²) in [6.45, 7) is 4.15. The Morgan fingerprint density at radius 3 is 2.50 bits per heavy atom. The number of rotatable bonds is 7. The zero-order valence-electron chi connectivity index (χ0n) is 11.0. The van der Waals surface area contributed by atoms with Gasteiger partial charge in [0.1, 0.15) is 12.4 Å². The molecule has 2 atom stereocenters. The molecule has 0 heterocycles. The minimum absolute atomic E-state index is 0.202. The maximum Gasteiger partial charge on any atom is 0.333 e. The van der Waals surface area contributed by atoms with Crippen molar-refractivity contribution in [2.75, 3.05) is 6.61 Å². The van der Waals surface area contributed by atoms with Crippen molar-refractivity contribution in [2.45, 2.75) is 19.3 Å². The number of carbonyl (C=O) groups is 2. The maximum atomic E-state index is 11.1. The van der Waals surface area contributed by atoms with E-state index >= 15 is 0 Å². The summed E-state index contributed by atoms with van der Waals surface area (Å²) in [5, 5.41) is 9.85. The van der Waals surface area contributed by atoms with Crippen molar-refractivity contribution in [3.8, 4) is 5.75 Å². The van der Waals surface area contributed by atoms with Gasteiger partial charge in [0.2, 0.25) is 0 Å². The molecule has 6 nitrogen and oxygen atoms in total. The molecule has 1 rings (SSSR count). The highest BCUT2D eigenvalue weighted by Crippen LogP contribution is 2.11. The van der Waals surface area contributed by atoms with Crippen molar-refractivity contribution in [1.29, 1.82) is 0 Å². The lowest BCUT2D eigenvalue weighted by molar-refractivity contribution is -0.204. The van der Waals surface area contributed by atoms with Crippen molar-refractivity contribution >= 4 is 11.9 Å². The summed E-state index contributed by atoms with van der Waals surface area (Å²) in [6.07, 6.45) is -1.86. The van der Waals surface area contributed by atoms with E-state index in [1.165, 1.54) is 0 Å². The zero-order valence-corrected chi connectivity index (χ0v) is 11.0. The van der Waals surface area contributed by atoms with Crippen LogP contribution in [0, 0.1) is 0 Å². The Balaban J connectivity index is 2.57. The van der Waals surface area contributed by atoms with Crippen LogP contribution in [0.4, 0.5) is 0 Å². The highest BCUT2D eigenvalue weighted by molar-refractivity contribution is 5.81. The van der Waals surface area contributed by atoms with E-state index in [1.807, 2.05) is 6.07 Å². The third kappa shape index (κ3) is 5.53. The van der Waals surface area contributed by atoms with Gasteiger partial charge in [-0.25, -0.2) is 4.79 Å². The fraction of sp³-hybridized carbons (Fsp3) is 0.286. The third-order valence-electron chi connectivity index (χ3n) is 2.16. The molecule has 6 heteroatoms. The first-order valence-corrected chi connectivity index (χ1v) is 5.89. The molecular weight excluding hydrogens is 264 g/mol. The van der Waals surface area contributed by atoms with E-state index in [1.54, 1.807) is 24.3 Å². The van der Waals surface area contributed by atoms with Gasteiger partial charge in [0.05, 0.1) is 0 Å². The first kappa shape index (κ1) is 15.7. The van der Waals surface area contributed by atoms with Crippen LogP contribution in [0.1, 0.15) is 6.92 Å². The molecule has 0 aromatic heterocycles. The molecule has 0 bridgehead atoms. The maximum absolute atomic E-state index is 11.1. The van der Waals surface area contributed by atoms with Crippen LogP contribution in [0.15, 0.2) is 43.0 Å². The number of hydrogen-bond donors (Lipinski definition) is 1. The van der Waals surface area contributed by atoms with Gasteiger partial charge in [0.25, 0.3) is 6.29 Å². The topological polar surface area (TPSA) is 82.1 Å². The van der Waals surface area contributed by atoms with Crippen LogP contribution in [0.5, 0.6) is 5.75 Å². The molecule has 108 valence electrons. The van der Waals surface area contributed by atoms with Crippen molar-refractivity contribution in [1.82, 2.24) is 0 Å². The molecule has 20 heavy (non-hydrogen) atoms. The second-order valence-electron chi connectivity index (χ2n) is 3.81. The highest BCUT2D eigenvalue weighted by Gasteiger charge is 2.26. The van der Waals surface area contributed by atoms with Gasteiger partial charge in [-0.1, -0.05) is 24.8 Å². The lowest BCUT2D eigenvalue weighted by atomic mass is 10.3. The average Bonchev–Trinajstić information content (AvgIpc) is 2.44. The number of carbonyl (C=O) groups excluding carboxylic acids is 2. The van der Waals surface area contributed by atoms with E-state index in [9.17, 15) is 14.7 Å². The molecule has 0 aliphatic rings. The molecule has 1 aromatic rings. The number of hydrogen-bond acceptors (Lipinski definition) is 6. The second kappa shape index (κ2) is 7.96. The van der Waals surface area contributed by atoms with Gasteiger partial charge in [0, 0.05) is 13.0 Å². The van der Waals surface area contributed by atoms with Crippen LogP contribution in [-0.4, -0.2) is 36.0 Å². The molecular formula is C14H16O6. The second-order valence-corrected chi connectivity index (χ2v) is 3.81. The number of esters is 2. The average molecular weight is 280 g/mol. The third-order valence-corrected chi connectivity index (χ3v) is 2.16. The molecule has 1 aromatic carbocycles. The largest absolute Gasteiger partial charge is 0.491 e. The molecule has 0 aliphatic carbocycles. The van der Waals surface area contributed by atoms with Crippen molar-refractivity contribution in [3.05, 3.63) is 43.0 Å². The molecule has 0 saturated heterocycles. The minimum atomic E-state index is -1.44. The van der Waals surface area contributed by atoms with Gasteiger partial charge in [0.15, 0.2) is 6.10 Å². The number of benzene rings is 1. The van der Waals surface area contributed by atoms with E-state index in [0.717, 1.165) is 13.0 Å². The van der Waals surface area contributed by atoms with Gasteiger partial charge < -0.3 is 19.3 Å². The Hall–Kier alpha value is -2.34. The lowest BCUT2D eigenvalue weighted by Gasteiger charge is -2.22. The summed E-state index contributed by atoms with van der Waals surface area (Å²) in [7, 11) is 0.